The third kappa shape index (κ3) is 2.88. The standard InChI is InChI=1S/C16H20N2S/c1-11-5-6-12(2)14(8-11)15-10-19-16(18-15)9-13-4-3-7-17-13/h5-6,8,10,13,17H,3-4,7,9H2,1-2H3. The van der Waals surface area contributed by atoms with Gasteiger partial charge in [-0.3, -0.25) is 0 Å². The van der Waals surface area contributed by atoms with Gasteiger partial charge in [-0.05, 0) is 44.9 Å². The molecule has 1 aromatic heterocycles. The number of rotatable bonds is 3. The van der Waals surface area contributed by atoms with E-state index in [0.29, 0.717) is 6.04 Å². The predicted octanol–water partition coefficient (Wildman–Crippen LogP) is 3.72. The molecule has 1 atom stereocenters. The molecule has 0 bridgehead atoms. The Hall–Kier alpha value is -1.19. The first kappa shape index (κ1) is 12.8. The van der Waals surface area contributed by atoms with E-state index in [1.165, 1.54) is 41.1 Å². The highest BCUT2D eigenvalue weighted by Crippen LogP contribution is 2.27. The molecule has 0 amide bonds. The van der Waals surface area contributed by atoms with Crippen molar-refractivity contribution in [2.24, 2.45) is 0 Å². The van der Waals surface area contributed by atoms with Crippen LogP contribution in [0.3, 0.4) is 0 Å². The minimum absolute atomic E-state index is 0.637. The quantitative estimate of drug-likeness (QED) is 0.921. The van der Waals surface area contributed by atoms with Gasteiger partial charge in [0.2, 0.25) is 0 Å². The minimum atomic E-state index is 0.637. The molecular formula is C16H20N2S. The fourth-order valence-corrected chi connectivity index (χ4v) is 3.56. The highest BCUT2D eigenvalue weighted by molar-refractivity contribution is 7.09. The summed E-state index contributed by atoms with van der Waals surface area (Å²) in [5.41, 5.74) is 5.02. The summed E-state index contributed by atoms with van der Waals surface area (Å²) in [4.78, 5) is 4.82. The van der Waals surface area contributed by atoms with E-state index in [-0.39, 0.29) is 0 Å². The van der Waals surface area contributed by atoms with Gasteiger partial charge in [0.05, 0.1) is 10.7 Å². The number of hydrogen-bond donors (Lipinski definition) is 1. The lowest BCUT2D eigenvalue weighted by Crippen LogP contribution is -2.23. The van der Waals surface area contributed by atoms with Crippen LogP contribution in [0.2, 0.25) is 0 Å². The van der Waals surface area contributed by atoms with Crippen LogP contribution in [0.15, 0.2) is 23.6 Å². The fourth-order valence-electron chi connectivity index (χ4n) is 2.68. The molecule has 0 radical (unpaired) electrons. The van der Waals surface area contributed by atoms with Crippen LogP contribution in [0.25, 0.3) is 11.3 Å². The summed E-state index contributed by atoms with van der Waals surface area (Å²) in [5, 5.41) is 7.00. The molecule has 1 aliphatic heterocycles. The number of aromatic nitrogens is 1. The molecule has 0 saturated carbocycles. The summed E-state index contributed by atoms with van der Waals surface area (Å²) < 4.78 is 0. The Balaban J connectivity index is 1.82. The second kappa shape index (κ2) is 5.43. The molecular weight excluding hydrogens is 252 g/mol. The van der Waals surface area contributed by atoms with Gasteiger partial charge in [-0.15, -0.1) is 11.3 Å². The van der Waals surface area contributed by atoms with Crippen molar-refractivity contribution in [1.29, 1.82) is 0 Å². The van der Waals surface area contributed by atoms with Crippen molar-refractivity contribution < 1.29 is 0 Å². The van der Waals surface area contributed by atoms with Gasteiger partial charge in [-0.2, -0.15) is 0 Å². The third-order valence-corrected chi connectivity index (χ3v) is 4.68. The minimum Gasteiger partial charge on any atom is -0.314 e. The Morgan fingerprint density at radius 1 is 1.37 bits per heavy atom. The molecule has 1 aliphatic rings. The molecule has 3 heteroatoms. The number of aryl methyl sites for hydroxylation is 2. The molecule has 0 spiro atoms. The predicted molar refractivity (Wildman–Crippen MR) is 81.8 cm³/mol. The Kier molecular flexibility index (Phi) is 3.67. The number of nitrogens with one attached hydrogen (secondary N) is 1. The van der Waals surface area contributed by atoms with Crippen molar-refractivity contribution in [3.05, 3.63) is 39.7 Å². The Morgan fingerprint density at radius 2 is 2.26 bits per heavy atom. The largest absolute Gasteiger partial charge is 0.314 e. The molecule has 0 aliphatic carbocycles. The van der Waals surface area contributed by atoms with Gasteiger partial charge in [0.25, 0.3) is 0 Å². The first-order chi connectivity index (χ1) is 9.22. The number of hydrogen-bond acceptors (Lipinski definition) is 3. The highest BCUT2D eigenvalue weighted by atomic mass is 32.1. The summed E-state index contributed by atoms with van der Waals surface area (Å²) in [7, 11) is 0. The van der Waals surface area contributed by atoms with Gasteiger partial charge in [-0.25, -0.2) is 4.98 Å². The summed E-state index contributed by atoms with van der Waals surface area (Å²) >= 11 is 1.79. The highest BCUT2D eigenvalue weighted by Gasteiger charge is 2.16. The zero-order valence-corrected chi connectivity index (χ0v) is 12.4. The lowest BCUT2D eigenvalue weighted by Gasteiger charge is -2.07. The van der Waals surface area contributed by atoms with E-state index in [0.717, 1.165) is 12.1 Å². The van der Waals surface area contributed by atoms with Gasteiger partial charge >= 0.3 is 0 Å². The summed E-state index contributed by atoms with van der Waals surface area (Å²) in [6.45, 7) is 5.46. The Bertz CT molecular complexity index is 568. The second-order valence-corrected chi connectivity index (χ2v) is 6.38. The third-order valence-electron chi connectivity index (χ3n) is 3.80. The van der Waals surface area contributed by atoms with E-state index >= 15 is 0 Å². The van der Waals surface area contributed by atoms with Gasteiger partial charge < -0.3 is 5.32 Å². The smallest absolute Gasteiger partial charge is 0.0948 e. The topological polar surface area (TPSA) is 24.9 Å². The average Bonchev–Trinajstić information content (AvgIpc) is 3.04. The number of thiazole rings is 1. The van der Waals surface area contributed by atoms with Crippen molar-refractivity contribution in [3.8, 4) is 11.3 Å². The summed E-state index contributed by atoms with van der Waals surface area (Å²) in [5.74, 6) is 0. The molecule has 2 aromatic rings. The van der Waals surface area contributed by atoms with E-state index in [1.807, 2.05) is 0 Å². The van der Waals surface area contributed by atoms with Crippen LogP contribution in [-0.2, 0) is 6.42 Å². The number of benzene rings is 1. The van der Waals surface area contributed by atoms with E-state index in [1.54, 1.807) is 11.3 Å². The molecule has 19 heavy (non-hydrogen) atoms. The first-order valence-corrected chi connectivity index (χ1v) is 7.86. The van der Waals surface area contributed by atoms with Crippen LogP contribution in [0.4, 0.5) is 0 Å². The maximum Gasteiger partial charge on any atom is 0.0948 e. The monoisotopic (exact) mass is 272 g/mol. The second-order valence-electron chi connectivity index (χ2n) is 5.44. The molecule has 1 aromatic carbocycles. The van der Waals surface area contributed by atoms with Crippen molar-refractivity contribution in [2.75, 3.05) is 6.54 Å². The maximum atomic E-state index is 4.82. The average molecular weight is 272 g/mol. The molecule has 1 N–H and O–H groups in total. The molecule has 2 heterocycles. The van der Waals surface area contributed by atoms with E-state index in [2.05, 4.69) is 42.7 Å². The molecule has 2 nitrogen and oxygen atoms in total. The lowest BCUT2D eigenvalue weighted by molar-refractivity contribution is 0.601. The SMILES string of the molecule is Cc1ccc(C)c(-c2csc(CC3CCCN3)n2)c1. The van der Waals surface area contributed by atoms with Crippen LogP contribution in [0.5, 0.6) is 0 Å². The van der Waals surface area contributed by atoms with E-state index in [9.17, 15) is 0 Å². The van der Waals surface area contributed by atoms with Gasteiger partial charge in [-0.1, -0.05) is 17.7 Å². The normalized spacial score (nSPS) is 18.9. The van der Waals surface area contributed by atoms with Gasteiger partial charge in [0, 0.05) is 23.4 Å². The zero-order valence-electron chi connectivity index (χ0n) is 11.6. The molecule has 1 fully saturated rings. The molecule has 100 valence electrons. The van der Waals surface area contributed by atoms with Crippen molar-refractivity contribution >= 4 is 11.3 Å². The van der Waals surface area contributed by atoms with Crippen LogP contribution >= 0.6 is 11.3 Å². The van der Waals surface area contributed by atoms with E-state index < -0.39 is 0 Å². The molecule has 1 unspecified atom stereocenters. The van der Waals surface area contributed by atoms with Crippen molar-refractivity contribution in [3.63, 3.8) is 0 Å². The first-order valence-electron chi connectivity index (χ1n) is 6.98. The van der Waals surface area contributed by atoms with Gasteiger partial charge in [0.15, 0.2) is 0 Å². The van der Waals surface area contributed by atoms with Crippen LogP contribution in [0, 0.1) is 13.8 Å². The Morgan fingerprint density at radius 3 is 3.05 bits per heavy atom. The van der Waals surface area contributed by atoms with Gasteiger partial charge in [0.1, 0.15) is 0 Å². The zero-order chi connectivity index (χ0) is 13.2. The summed E-state index contributed by atoms with van der Waals surface area (Å²) in [6.07, 6.45) is 3.67. The Labute approximate surface area is 118 Å². The molecule has 3 rings (SSSR count). The maximum absolute atomic E-state index is 4.82. The van der Waals surface area contributed by atoms with Crippen LogP contribution < -0.4 is 5.32 Å². The van der Waals surface area contributed by atoms with Crippen molar-refractivity contribution in [2.45, 2.75) is 39.2 Å². The van der Waals surface area contributed by atoms with Crippen molar-refractivity contribution in [1.82, 2.24) is 10.3 Å². The fraction of sp³-hybridized carbons (Fsp3) is 0.438. The lowest BCUT2D eigenvalue weighted by atomic mass is 10.0. The number of nitrogens with zero attached hydrogens (tertiary/aromatic N) is 1. The molecule has 1 saturated heterocycles. The van der Waals surface area contributed by atoms with E-state index in [4.69, 9.17) is 4.98 Å². The van der Waals surface area contributed by atoms with Crippen LogP contribution in [-0.4, -0.2) is 17.6 Å². The summed E-state index contributed by atoms with van der Waals surface area (Å²) in [6, 6.07) is 7.22. The van der Waals surface area contributed by atoms with Crippen LogP contribution in [0.1, 0.15) is 29.0 Å².